The summed E-state index contributed by atoms with van der Waals surface area (Å²) in [6.45, 7) is 1.81. The number of benzene rings is 1. The number of rotatable bonds is 2. The molecule has 2 rings (SSSR count). The zero-order valence-corrected chi connectivity index (χ0v) is 10.9. The molecule has 1 saturated carbocycles. The molecule has 0 amide bonds. The molecule has 0 radical (unpaired) electrons. The topological polar surface area (TPSA) is 0 Å². The van der Waals surface area contributed by atoms with Crippen LogP contribution in [-0.4, -0.2) is 0 Å². The number of allylic oxidation sites excluding steroid dienone is 1. The molecule has 0 atom stereocenters. The van der Waals surface area contributed by atoms with E-state index in [1.807, 2.05) is 6.07 Å². The van der Waals surface area contributed by atoms with Crippen molar-refractivity contribution >= 4 is 11.6 Å². The van der Waals surface area contributed by atoms with Gasteiger partial charge >= 0.3 is 0 Å². The van der Waals surface area contributed by atoms with Gasteiger partial charge in [-0.25, -0.2) is 4.39 Å². The maximum atomic E-state index is 13.5. The fourth-order valence-corrected chi connectivity index (χ4v) is 2.82. The van der Waals surface area contributed by atoms with E-state index in [1.54, 1.807) is 18.5 Å². The molecule has 17 heavy (non-hydrogen) atoms. The molecule has 1 aliphatic carbocycles. The second-order valence-corrected chi connectivity index (χ2v) is 5.19. The summed E-state index contributed by atoms with van der Waals surface area (Å²) in [6, 6.07) is 5.66. The Kier molecular flexibility index (Phi) is 4.22. The smallest absolute Gasteiger partial charge is 0.126 e. The van der Waals surface area contributed by atoms with Crippen molar-refractivity contribution in [3.8, 4) is 0 Å². The van der Waals surface area contributed by atoms with Gasteiger partial charge in [-0.05, 0) is 61.6 Å². The molecule has 0 unspecified atom stereocenters. The Bertz CT molecular complexity index is 403. The molecule has 0 bridgehead atoms. The van der Waals surface area contributed by atoms with Crippen molar-refractivity contribution in [2.24, 2.45) is 5.92 Å². The SMILES string of the molecule is Cc1ccc(C2CCC(C=CCl)CC2)cc1F. The molecule has 0 N–H and O–H groups in total. The van der Waals surface area contributed by atoms with Crippen molar-refractivity contribution in [3.63, 3.8) is 0 Å². The number of aryl methyl sites for hydroxylation is 1. The highest BCUT2D eigenvalue weighted by Gasteiger charge is 2.21. The minimum absolute atomic E-state index is 0.0784. The van der Waals surface area contributed by atoms with Crippen LogP contribution in [0.15, 0.2) is 29.8 Å². The predicted octanol–water partition coefficient (Wildman–Crippen LogP) is 5.16. The first kappa shape index (κ1) is 12.6. The lowest BCUT2D eigenvalue weighted by molar-refractivity contribution is 0.375. The van der Waals surface area contributed by atoms with E-state index in [9.17, 15) is 4.39 Å². The Balaban J connectivity index is 2.02. The minimum atomic E-state index is -0.0784. The standard InChI is InChI=1S/C15H18ClF/c1-11-2-5-14(10-15(11)17)13-6-3-12(4-7-13)8-9-16/h2,5,8-10,12-13H,3-4,6-7H2,1H3. The molecule has 1 fully saturated rings. The van der Waals surface area contributed by atoms with Crippen LogP contribution in [0.4, 0.5) is 4.39 Å². The summed E-state index contributed by atoms with van der Waals surface area (Å²) >= 11 is 5.60. The molecule has 0 aromatic heterocycles. The van der Waals surface area contributed by atoms with Crippen molar-refractivity contribution in [3.05, 3.63) is 46.8 Å². The molecule has 2 heteroatoms. The Morgan fingerprint density at radius 1 is 1.24 bits per heavy atom. The van der Waals surface area contributed by atoms with Crippen LogP contribution in [0, 0.1) is 18.7 Å². The van der Waals surface area contributed by atoms with Gasteiger partial charge in [-0.2, -0.15) is 0 Å². The summed E-state index contributed by atoms with van der Waals surface area (Å²) < 4.78 is 13.5. The second-order valence-electron chi connectivity index (χ2n) is 4.94. The highest BCUT2D eigenvalue weighted by Crippen LogP contribution is 2.36. The third kappa shape index (κ3) is 3.10. The summed E-state index contributed by atoms with van der Waals surface area (Å²) in [5, 5.41) is 0. The van der Waals surface area contributed by atoms with E-state index in [1.165, 1.54) is 0 Å². The lowest BCUT2D eigenvalue weighted by atomic mass is 9.78. The first-order valence-electron chi connectivity index (χ1n) is 6.23. The van der Waals surface area contributed by atoms with Gasteiger partial charge in [-0.1, -0.05) is 29.8 Å². The molecular weight excluding hydrogens is 235 g/mol. The van der Waals surface area contributed by atoms with E-state index >= 15 is 0 Å². The van der Waals surface area contributed by atoms with Crippen molar-refractivity contribution in [2.45, 2.75) is 38.5 Å². The summed E-state index contributed by atoms with van der Waals surface area (Å²) in [5.74, 6) is 1.05. The van der Waals surface area contributed by atoms with Gasteiger partial charge in [0.15, 0.2) is 0 Å². The monoisotopic (exact) mass is 252 g/mol. The van der Waals surface area contributed by atoms with E-state index in [0.29, 0.717) is 11.8 Å². The number of hydrogen-bond acceptors (Lipinski definition) is 0. The van der Waals surface area contributed by atoms with E-state index in [-0.39, 0.29) is 5.82 Å². The summed E-state index contributed by atoms with van der Waals surface area (Å²) in [6.07, 6.45) is 6.66. The Hall–Kier alpha value is -0.820. The Morgan fingerprint density at radius 3 is 2.53 bits per heavy atom. The molecule has 0 saturated heterocycles. The summed E-state index contributed by atoms with van der Waals surface area (Å²) in [7, 11) is 0. The molecule has 1 aromatic rings. The largest absolute Gasteiger partial charge is 0.207 e. The van der Waals surface area contributed by atoms with Crippen molar-refractivity contribution in [1.29, 1.82) is 0 Å². The van der Waals surface area contributed by atoms with Crippen LogP contribution in [-0.2, 0) is 0 Å². The van der Waals surface area contributed by atoms with Crippen LogP contribution in [0.5, 0.6) is 0 Å². The van der Waals surface area contributed by atoms with Gasteiger partial charge in [0.2, 0.25) is 0 Å². The molecule has 0 heterocycles. The first-order valence-corrected chi connectivity index (χ1v) is 6.67. The Labute approximate surface area is 107 Å². The highest BCUT2D eigenvalue weighted by atomic mass is 35.5. The number of halogens is 2. The Morgan fingerprint density at radius 2 is 1.94 bits per heavy atom. The van der Waals surface area contributed by atoms with Gasteiger partial charge in [0.1, 0.15) is 5.82 Å². The quantitative estimate of drug-likeness (QED) is 0.682. The van der Waals surface area contributed by atoms with Gasteiger partial charge < -0.3 is 0 Å². The third-order valence-electron chi connectivity index (χ3n) is 3.78. The van der Waals surface area contributed by atoms with Crippen LogP contribution < -0.4 is 0 Å². The molecule has 0 aliphatic heterocycles. The van der Waals surface area contributed by atoms with Gasteiger partial charge in [-0.3, -0.25) is 0 Å². The van der Waals surface area contributed by atoms with Crippen molar-refractivity contribution in [1.82, 2.24) is 0 Å². The number of hydrogen-bond donors (Lipinski definition) is 0. The second kappa shape index (κ2) is 5.68. The third-order valence-corrected chi connectivity index (χ3v) is 3.93. The average molecular weight is 253 g/mol. The maximum absolute atomic E-state index is 13.5. The maximum Gasteiger partial charge on any atom is 0.126 e. The lowest BCUT2D eigenvalue weighted by Gasteiger charge is -2.27. The fourth-order valence-electron chi connectivity index (χ4n) is 2.61. The van der Waals surface area contributed by atoms with E-state index in [0.717, 1.165) is 36.8 Å². The van der Waals surface area contributed by atoms with Crippen molar-refractivity contribution in [2.75, 3.05) is 0 Å². The molecule has 1 aliphatic rings. The van der Waals surface area contributed by atoms with E-state index < -0.39 is 0 Å². The fraction of sp³-hybridized carbons (Fsp3) is 0.467. The molecule has 0 nitrogen and oxygen atoms in total. The normalized spacial score (nSPS) is 25.4. The lowest BCUT2D eigenvalue weighted by Crippen LogP contribution is -2.11. The van der Waals surface area contributed by atoms with Crippen LogP contribution in [0.2, 0.25) is 0 Å². The van der Waals surface area contributed by atoms with E-state index in [2.05, 4.69) is 12.1 Å². The zero-order valence-electron chi connectivity index (χ0n) is 10.1. The minimum Gasteiger partial charge on any atom is -0.207 e. The van der Waals surface area contributed by atoms with Crippen LogP contribution in [0.25, 0.3) is 0 Å². The van der Waals surface area contributed by atoms with Crippen LogP contribution in [0.3, 0.4) is 0 Å². The van der Waals surface area contributed by atoms with Crippen molar-refractivity contribution < 1.29 is 4.39 Å². The highest BCUT2D eigenvalue weighted by molar-refractivity contribution is 6.25. The summed E-state index contributed by atoms with van der Waals surface area (Å²) in [5.41, 5.74) is 3.50. The zero-order chi connectivity index (χ0) is 12.3. The van der Waals surface area contributed by atoms with Crippen LogP contribution in [0.1, 0.15) is 42.7 Å². The van der Waals surface area contributed by atoms with Gasteiger partial charge in [0.05, 0.1) is 0 Å². The summed E-state index contributed by atoms with van der Waals surface area (Å²) in [4.78, 5) is 0. The van der Waals surface area contributed by atoms with Gasteiger partial charge in [0.25, 0.3) is 0 Å². The molecule has 1 aromatic carbocycles. The molecule has 92 valence electrons. The van der Waals surface area contributed by atoms with E-state index in [4.69, 9.17) is 11.6 Å². The molecular formula is C15H18ClF. The predicted molar refractivity (Wildman–Crippen MR) is 70.8 cm³/mol. The van der Waals surface area contributed by atoms with Gasteiger partial charge in [-0.15, -0.1) is 0 Å². The molecule has 0 spiro atoms. The van der Waals surface area contributed by atoms with Crippen LogP contribution >= 0.6 is 11.6 Å². The van der Waals surface area contributed by atoms with Gasteiger partial charge in [0, 0.05) is 5.54 Å². The first-order chi connectivity index (χ1) is 8.20. The average Bonchev–Trinajstić information content (AvgIpc) is 2.34.